The van der Waals surface area contributed by atoms with Crippen molar-refractivity contribution >= 4 is 16.9 Å². The van der Waals surface area contributed by atoms with Crippen molar-refractivity contribution in [3.05, 3.63) is 174 Å². The fourth-order valence-electron chi connectivity index (χ4n) is 6.43. The predicted octanol–water partition coefficient (Wildman–Crippen LogP) is 9.53. The molecule has 0 saturated carbocycles. The maximum atomic E-state index is 4.08. The molecule has 180 valence electrons. The highest BCUT2D eigenvalue weighted by Crippen LogP contribution is 2.61. The first kappa shape index (κ1) is 22.3. The fourth-order valence-corrected chi connectivity index (χ4v) is 6.43. The lowest BCUT2D eigenvalue weighted by Gasteiger charge is -2.41. The molecule has 0 bridgehead atoms. The number of hydrogen-bond donors (Lipinski definition) is 1. The first-order valence-electron chi connectivity index (χ1n) is 13.0. The van der Waals surface area contributed by atoms with Crippen molar-refractivity contribution in [1.82, 2.24) is 0 Å². The second-order valence-corrected chi connectivity index (χ2v) is 9.91. The number of nitrogens with one attached hydrogen (secondary N) is 1. The van der Waals surface area contributed by atoms with Crippen LogP contribution in [0.1, 0.15) is 27.8 Å². The van der Waals surface area contributed by atoms with E-state index in [4.69, 9.17) is 0 Å². The SMILES string of the molecule is C=C/C=C(\C=C)c1ccc2c(c1)C1(c3cc(-c4ccccc4)ccc3N2)c2ccccc2-c2ccccc21. The molecule has 0 saturated heterocycles. The van der Waals surface area contributed by atoms with Crippen LogP contribution in [-0.2, 0) is 5.41 Å². The molecule has 0 radical (unpaired) electrons. The van der Waals surface area contributed by atoms with Gasteiger partial charge in [-0.15, -0.1) is 0 Å². The van der Waals surface area contributed by atoms with Crippen LogP contribution in [0.4, 0.5) is 11.4 Å². The third-order valence-electron chi connectivity index (χ3n) is 8.03. The van der Waals surface area contributed by atoms with E-state index in [1.807, 2.05) is 18.2 Å². The highest BCUT2D eigenvalue weighted by Gasteiger charge is 2.50. The van der Waals surface area contributed by atoms with E-state index in [1.165, 1.54) is 44.5 Å². The summed E-state index contributed by atoms with van der Waals surface area (Å²) in [6.45, 7) is 8.00. The highest BCUT2D eigenvalue weighted by atomic mass is 14.9. The van der Waals surface area contributed by atoms with Crippen molar-refractivity contribution in [3.63, 3.8) is 0 Å². The smallest absolute Gasteiger partial charge is 0.0754 e. The third-order valence-corrected chi connectivity index (χ3v) is 8.03. The molecule has 0 amide bonds. The fraction of sp³-hybridized carbons (Fsp3) is 0.0270. The molecule has 2 aliphatic rings. The summed E-state index contributed by atoms with van der Waals surface area (Å²) in [5, 5.41) is 3.78. The number of hydrogen-bond acceptors (Lipinski definition) is 1. The summed E-state index contributed by atoms with van der Waals surface area (Å²) in [6.07, 6.45) is 5.76. The Labute approximate surface area is 224 Å². The highest BCUT2D eigenvalue weighted by molar-refractivity contribution is 5.94. The molecule has 0 unspecified atom stereocenters. The molecule has 38 heavy (non-hydrogen) atoms. The lowest BCUT2D eigenvalue weighted by atomic mass is 9.64. The summed E-state index contributed by atoms with van der Waals surface area (Å²) in [4.78, 5) is 0. The molecule has 1 N–H and O–H groups in total. The van der Waals surface area contributed by atoms with Crippen LogP contribution >= 0.6 is 0 Å². The zero-order valence-electron chi connectivity index (χ0n) is 21.1. The molecule has 1 nitrogen and oxygen atoms in total. The van der Waals surface area contributed by atoms with Gasteiger partial charge < -0.3 is 5.32 Å². The van der Waals surface area contributed by atoms with Gasteiger partial charge in [-0.25, -0.2) is 0 Å². The lowest BCUT2D eigenvalue weighted by molar-refractivity contribution is 0.763. The quantitative estimate of drug-likeness (QED) is 0.245. The Bertz CT molecular complexity index is 1730. The van der Waals surface area contributed by atoms with Gasteiger partial charge in [0, 0.05) is 11.4 Å². The minimum Gasteiger partial charge on any atom is -0.355 e. The number of allylic oxidation sites excluding steroid dienone is 4. The van der Waals surface area contributed by atoms with Gasteiger partial charge in [-0.2, -0.15) is 0 Å². The van der Waals surface area contributed by atoms with Crippen molar-refractivity contribution in [2.75, 3.05) is 5.32 Å². The van der Waals surface area contributed by atoms with Crippen LogP contribution in [0, 0.1) is 0 Å². The molecule has 7 rings (SSSR count). The first-order chi connectivity index (χ1) is 18.8. The van der Waals surface area contributed by atoms with E-state index < -0.39 is 5.41 Å². The zero-order chi connectivity index (χ0) is 25.7. The van der Waals surface area contributed by atoms with Crippen molar-refractivity contribution in [3.8, 4) is 22.3 Å². The largest absolute Gasteiger partial charge is 0.355 e. The van der Waals surface area contributed by atoms with Gasteiger partial charge in [0.2, 0.25) is 0 Å². The van der Waals surface area contributed by atoms with Gasteiger partial charge in [0.1, 0.15) is 0 Å². The van der Waals surface area contributed by atoms with Gasteiger partial charge >= 0.3 is 0 Å². The maximum absolute atomic E-state index is 4.08. The molecular weight excluding hydrogens is 458 g/mol. The first-order valence-corrected chi connectivity index (χ1v) is 13.0. The van der Waals surface area contributed by atoms with Gasteiger partial charge in [-0.1, -0.05) is 122 Å². The number of rotatable bonds is 4. The Balaban J connectivity index is 1.61. The van der Waals surface area contributed by atoms with Crippen molar-refractivity contribution in [2.45, 2.75) is 5.41 Å². The second-order valence-electron chi connectivity index (χ2n) is 9.91. The van der Waals surface area contributed by atoms with E-state index in [0.717, 1.165) is 22.5 Å². The van der Waals surface area contributed by atoms with E-state index in [0.29, 0.717) is 0 Å². The summed E-state index contributed by atoms with van der Waals surface area (Å²) in [5.41, 5.74) is 14.2. The Hall–Kier alpha value is -4.88. The standard InChI is InChI=1S/C37H27N/c1-3-12-25(4-2)27-19-21-35-33(23-27)37(31-17-10-8-15-29(31)30-16-9-11-18-32(30)37)34-24-28(20-22-36(34)38-35)26-13-6-5-7-14-26/h3-24,38H,1-2H2/b25-12+. The van der Waals surface area contributed by atoms with E-state index in [-0.39, 0.29) is 0 Å². The molecule has 1 aliphatic carbocycles. The van der Waals surface area contributed by atoms with Gasteiger partial charge in [0.25, 0.3) is 0 Å². The molecule has 1 aliphatic heterocycles. The van der Waals surface area contributed by atoms with E-state index in [1.54, 1.807) is 0 Å². The average molecular weight is 486 g/mol. The topological polar surface area (TPSA) is 12.0 Å². The summed E-state index contributed by atoms with van der Waals surface area (Å²) in [6, 6.07) is 42.0. The Morgan fingerprint density at radius 3 is 1.84 bits per heavy atom. The Morgan fingerprint density at radius 1 is 0.579 bits per heavy atom. The van der Waals surface area contributed by atoms with Crippen LogP contribution in [0.2, 0.25) is 0 Å². The summed E-state index contributed by atoms with van der Waals surface area (Å²) >= 11 is 0. The molecule has 1 heterocycles. The minimum absolute atomic E-state index is 0.454. The molecule has 1 spiro atoms. The Morgan fingerprint density at radius 2 is 1.18 bits per heavy atom. The molecule has 5 aromatic rings. The molecular formula is C37H27N. The summed E-state index contributed by atoms with van der Waals surface area (Å²) in [5.74, 6) is 0. The van der Waals surface area contributed by atoms with Crippen LogP contribution in [0.25, 0.3) is 27.8 Å². The van der Waals surface area contributed by atoms with E-state index in [9.17, 15) is 0 Å². The monoisotopic (exact) mass is 485 g/mol. The van der Waals surface area contributed by atoms with Crippen LogP contribution in [-0.4, -0.2) is 0 Å². The van der Waals surface area contributed by atoms with Crippen molar-refractivity contribution < 1.29 is 0 Å². The third kappa shape index (κ3) is 3.06. The Kier molecular flexibility index (Phi) is 5.06. The summed E-state index contributed by atoms with van der Waals surface area (Å²) < 4.78 is 0. The lowest BCUT2D eigenvalue weighted by Crippen LogP contribution is -2.33. The van der Waals surface area contributed by atoms with Gasteiger partial charge in [0.15, 0.2) is 0 Å². The number of benzene rings is 5. The normalized spacial score (nSPS) is 14.1. The molecule has 0 fully saturated rings. The minimum atomic E-state index is -0.454. The predicted molar refractivity (Wildman–Crippen MR) is 161 cm³/mol. The van der Waals surface area contributed by atoms with E-state index in [2.05, 4.69) is 134 Å². The van der Waals surface area contributed by atoms with Gasteiger partial charge in [0.05, 0.1) is 5.41 Å². The van der Waals surface area contributed by atoms with Crippen LogP contribution in [0.5, 0.6) is 0 Å². The van der Waals surface area contributed by atoms with E-state index >= 15 is 0 Å². The summed E-state index contributed by atoms with van der Waals surface area (Å²) in [7, 11) is 0. The second kappa shape index (κ2) is 8.61. The van der Waals surface area contributed by atoms with Crippen LogP contribution in [0.3, 0.4) is 0 Å². The molecule has 5 aromatic carbocycles. The molecule has 0 atom stereocenters. The number of fused-ring (bicyclic) bond motifs is 9. The van der Waals surface area contributed by atoms with Crippen molar-refractivity contribution in [1.29, 1.82) is 0 Å². The number of anilines is 2. The molecule has 0 aromatic heterocycles. The maximum Gasteiger partial charge on any atom is 0.0754 e. The molecule has 1 heteroatoms. The van der Waals surface area contributed by atoms with Crippen LogP contribution < -0.4 is 5.32 Å². The average Bonchev–Trinajstić information content (AvgIpc) is 3.27. The van der Waals surface area contributed by atoms with Gasteiger partial charge in [-0.05, 0) is 79.9 Å². The zero-order valence-corrected chi connectivity index (χ0v) is 21.1. The van der Waals surface area contributed by atoms with Gasteiger partial charge in [-0.3, -0.25) is 0 Å². The van der Waals surface area contributed by atoms with Crippen LogP contribution in [0.15, 0.2) is 147 Å². The van der Waals surface area contributed by atoms with Crippen molar-refractivity contribution in [2.24, 2.45) is 0 Å².